The first-order valence-corrected chi connectivity index (χ1v) is 9.93. The van der Waals surface area contributed by atoms with Crippen LogP contribution in [0.25, 0.3) is 21.3 Å². The van der Waals surface area contributed by atoms with E-state index in [4.69, 9.17) is 4.98 Å². The predicted octanol–water partition coefficient (Wildman–Crippen LogP) is 3.37. The van der Waals surface area contributed by atoms with Crippen LogP contribution < -0.4 is 10.9 Å². The van der Waals surface area contributed by atoms with E-state index in [0.29, 0.717) is 29.4 Å². The summed E-state index contributed by atoms with van der Waals surface area (Å²) in [5, 5.41) is 6.14. The summed E-state index contributed by atoms with van der Waals surface area (Å²) >= 11 is 2.98. The molecule has 2 heterocycles. The van der Waals surface area contributed by atoms with Crippen LogP contribution in [0.1, 0.15) is 13.8 Å². The fourth-order valence-electron chi connectivity index (χ4n) is 2.59. The van der Waals surface area contributed by atoms with Crippen LogP contribution in [0.15, 0.2) is 45.7 Å². The molecule has 0 saturated carbocycles. The van der Waals surface area contributed by atoms with Gasteiger partial charge in [0.05, 0.1) is 5.39 Å². The highest BCUT2D eigenvalue weighted by Crippen LogP contribution is 2.31. The van der Waals surface area contributed by atoms with Gasteiger partial charge < -0.3 is 5.32 Å². The minimum atomic E-state index is -0.0531. The van der Waals surface area contributed by atoms with Crippen molar-refractivity contribution in [1.29, 1.82) is 0 Å². The third-order valence-corrected chi connectivity index (χ3v) is 5.62. The number of carbonyl (C=O) groups excluding carboxylic acids is 1. The first kappa shape index (κ1) is 17.7. The number of thiophene rings is 1. The number of nitrogens with one attached hydrogen (secondary N) is 1. The zero-order valence-corrected chi connectivity index (χ0v) is 15.7. The van der Waals surface area contributed by atoms with Crippen molar-refractivity contribution in [3.8, 4) is 11.1 Å². The van der Waals surface area contributed by atoms with Crippen molar-refractivity contribution in [2.75, 3.05) is 12.3 Å². The summed E-state index contributed by atoms with van der Waals surface area (Å²) in [7, 11) is 0. The van der Waals surface area contributed by atoms with E-state index in [1.54, 1.807) is 4.57 Å². The highest BCUT2D eigenvalue weighted by atomic mass is 32.2. The van der Waals surface area contributed by atoms with Crippen LogP contribution in [-0.4, -0.2) is 27.8 Å². The van der Waals surface area contributed by atoms with E-state index in [2.05, 4.69) is 5.32 Å². The lowest BCUT2D eigenvalue weighted by molar-refractivity contribution is -0.118. The topological polar surface area (TPSA) is 64.0 Å². The first-order chi connectivity index (χ1) is 12.1. The van der Waals surface area contributed by atoms with Gasteiger partial charge in [-0.25, -0.2) is 4.98 Å². The van der Waals surface area contributed by atoms with Gasteiger partial charge in [0.2, 0.25) is 5.91 Å². The number of thioether (sulfide) groups is 1. The smallest absolute Gasteiger partial charge is 0.263 e. The summed E-state index contributed by atoms with van der Waals surface area (Å²) in [6.45, 7) is 4.56. The van der Waals surface area contributed by atoms with Crippen LogP contribution in [0, 0.1) is 0 Å². The van der Waals surface area contributed by atoms with Gasteiger partial charge in [0, 0.05) is 36.7 Å². The van der Waals surface area contributed by atoms with Crippen molar-refractivity contribution < 1.29 is 4.79 Å². The molecule has 0 spiro atoms. The lowest BCUT2D eigenvalue weighted by Gasteiger charge is -2.10. The highest BCUT2D eigenvalue weighted by molar-refractivity contribution is 7.99. The maximum Gasteiger partial charge on any atom is 0.263 e. The molecule has 0 aliphatic heterocycles. The van der Waals surface area contributed by atoms with Gasteiger partial charge in [0.15, 0.2) is 5.16 Å². The third-order valence-electron chi connectivity index (χ3n) is 3.77. The Morgan fingerprint density at radius 2 is 2.08 bits per heavy atom. The lowest BCUT2D eigenvalue weighted by Crippen LogP contribution is -2.24. The molecule has 1 N–H and O–H groups in total. The maximum atomic E-state index is 13.0. The molecule has 0 atom stereocenters. The van der Waals surface area contributed by atoms with Crippen LogP contribution in [0.5, 0.6) is 0 Å². The lowest BCUT2D eigenvalue weighted by atomic mass is 10.1. The normalized spacial score (nSPS) is 11.0. The number of rotatable bonds is 6. The Bertz CT molecular complexity index is 948. The molecule has 25 heavy (non-hydrogen) atoms. The Hall–Kier alpha value is -2.12. The number of amides is 1. The summed E-state index contributed by atoms with van der Waals surface area (Å²) in [4.78, 5) is 29.4. The molecule has 0 fully saturated rings. The van der Waals surface area contributed by atoms with Crippen LogP contribution in [0.3, 0.4) is 0 Å². The van der Waals surface area contributed by atoms with E-state index in [1.807, 2.05) is 42.6 Å². The average molecular weight is 374 g/mol. The summed E-state index contributed by atoms with van der Waals surface area (Å²) in [6.07, 6.45) is 0. The van der Waals surface area contributed by atoms with Gasteiger partial charge >= 0.3 is 0 Å². The minimum Gasteiger partial charge on any atom is -0.356 e. The quantitative estimate of drug-likeness (QED) is 0.409. The maximum absolute atomic E-state index is 13.0. The molecule has 1 amide bonds. The van der Waals surface area contributed by atoms with Gasteiger partial charge in [-0.2, -0.15) is 0 Å². The molecule has 3 rings (SSSR count). The average Bonchev–Trinajstić information content (AvgIpc) is 3.04. The Kier molecular flexibility index (Phi) is 5.55. The molecule has 0 unspecified atom stereocenters. The summed E-state index contributed by atoms with van der Waals surface area (Å²) < 4.78 is 1.71. The summed E-state index contributed by atoms with van der Waals surface area (Å²) in [5.74, 6) is 0.622. The standard InChI is InChI=1S/C18H19N3O2S2/c1-3-21-17(23)15-14(13-7-5-4-6-8-13)11-25-16(15)20-18(21)24-10-9-19-12(2)22/h4-8,11H,3,9-10H2,1-2H3,(H,19,22). The summed E-state index contributed by atoms with van der Waals surface area (Å²) in [6, 6.07) is 9.92. The molecule has 0 saturated heterocycles. The number of aromatic nitrogens is 2. The number of hydrogen-bond donors (Lipinski definition) is 1. The van der Waals surface area contributed by atoms with Crippen molar-refractivity contribution in [2.24, 2.45) is 0 Å². The minimum absolute atomic E-state index is 0.00497. The van der Waals surface area contributed by atoms with Gasteiger partial charge in [-0.1, -0.05) is 42.1 Å². The number of nitrogens with zero attached hydrogens (tertiary/aromatic N) is 2. The Morgan fingerprint density at radius 3 is 2.76 bits per heavy atom. The number of carbonyl (C=O) groups is 1. The molecule has 0 radical (unpaired) electrons. The van der Waals surface area contributed by atoms with Crippen LogP contribution in [0.4, 0.5) is 0 Å². The van der Waals surface area contributed by atoms with Crippen LogP contribution in [0.2, 0.25) is 0 Å². The van der Waals surface area contributed by atoms with Crippen LogP contribution >= 0.6 is 23.1 Å². The number of benzene rings is 1. The first-order valence-electron chi connectivity index (χ1n) is 8.06. The number of hydrogen-bond acceptors (Lipinski definition) is 5. The van der Waals surface area contributed by atoms with Crippen molar-refractivity contribution in [2.45, 2.75) is 25.5 Å². The third kappa shape index (κ3) is 3.77. The Balaban J connectivity index is 1.99. The molecule has 5 nitrogen and oxygen atoms in total. The molecule has 2 aromatic heterocycles. The zero-order valence-electron chi connectivity index (χ0n) is 14.1. The summed E-state index contributed by atoms with van der Waals surface area (Å²) in [5.41, 5.74) is 1.96. The SMILES string of the molecule is CCn1c(SCCNC(C)=O)nc2scc(-c3ccccc3)c2c1=O. The van der Waals surface area contributed by atoms with Crippen molar-refractivity contribution in [3.63, 3.8) is 0 Å². The molecular formula is C18H19N3O2S2. The fraction of sp³-hybridized carbons (Fsp3) is 0.278. The molecule has 7 heteroatoms. The van der Waals surface area contributed by atoms with Crippen molar-refractivity contribution in [1.82, 2.24) is 14.9 Å². The van der Waals surface area contributed by atoms with E-state index >= 15 is 0 Å². The molecule has 130 valence electrons. The van der Waals surface area contributed by atoms with Crippen LogP contribution in [-0.2, 0) is 11.3 Å². The Morgan fingerprint density at radius 1 is 1.32 bits per heavy atom. The van der Waals surface area contributed by atoms with E-state index in [1.165, 1.54) is 30.0 Å². The molecular weight excluding hydrogens is 354 g/mol. The highest BCUT2D eigenvalue weighted by Gasteiger charge is 2.16. The molecule has 0 bridgehead atoms. The van der Waals surface area contributed by atoms with E-state index < -0.39 is 0 Å². The molecule has 0 aliphatic rings. The zero-order chi connectivity index (χ0) is 17.8. The monoisotopic (exact) mass is 373 g/mol. The van der Waals surface area contributed by atoms with Crippen molar-refractivity contribution >= 4 is 39.2 Å². The van der Waals surface area contributed by atoms with E-state index in [9.17, 15) is 9.59 Å². The molecule has 3 aromatic rings. The van der Waals surface area contributed by atoms with Gasteiger partial charge in [0.25, 0.3) is 5.56 Å². The van der Waals surface area contributed by atoms with Gasteiger partial charge in [-0.3, -0.25) is 14.2 Å². The van der Waals surface area contributed by atoms with E-state index in [0.717, 1.165) is 16.0 Å². The predicted molar refractivity (Wildman–Crippen MR) is 104 cm³/mol. The second kappa shape index (κ2) is 7.84. The largest absolute Gasteiger partial charge is 0.356 e. The van der Waals surface area contributed by atoms with Gasteiger partial charge in [-0.15, -0.1) is 11.3 Å². The molecule has 1 aromatic carbocycles. The van der Waals surface area contributed by atoms with E-state index in [-0.39, 0.29) is 11.5 Å². The second-order valence-electron chi connectivity index (χ2n) is 5.47. The molecule has 0 aliphatic carbocycles. The fourth-order valence-corrected chi connectivity index (χ4v) is 4.50. The second-order valence-corrected chi connectivity index (χ2v) is 7.39. The van der Waals surface area contributed by atoms with Gasteiger partial charge in [-0.05, 0) is 12.5 Å². The number of fused-ring (bicyclic) bond motifs is 1. The van der Waals surface area contributed by atoms with Gasteiger partial charge in [0.1, 0.15) is 4.83 Å². The Labute approximate surface area is 154 Å². The van der Waals surface area contributed by atoms with Crippen molar-refractivity contribution in [3.05, 3.63) is 46.1 Å².